The summed E-state index contributed by atoms with van der Waals surface area (Å²) in [6.07, 6.45) is 4.59. The number of amides is 1. The van der Waals surface area contributed by atoms with Crippen molar-refractivity contribution in [3.05, 3.63) is 42.0 Å². The van der Waals surface area contributed by atoms with Gasteiger partial charge >= 0.3 is 0 Å². The Bertz CT molecular complexity index is 626. The molecule has 0 saturated carbocycles. The SMILES string of the molecule is C[C@H](SC/C=C/c1ccccc1)C(=O)N[C@@H]1CCS(=O)(=O)C1. The Labute approximate surface area is 136 Å². The van der Waals surface area contributed by atoms with E-state index in [0.29, 0.717) is 6.42 Å². The van der Waals surface area contributed by atoms with Crippen LogP contribution in [0, 0.1) is 0 Å². The number of hydrogen-bond donors (Lipinski definition) is 1. The maximum Gasteiger partial charge on any atom is 0.233 e. The van der Waals surface area contributed by atoms with Crippen LogP contribution in [0.4, 0.5) is 0 Å². The molecule has 1 aromatic carbocycles. The Balaban J connectivity index is 1.72. The number of carbonyl (C=O) groups is 1. The highest BCUT2D eigenvalue weighted by atomic mass is 32.2. The van der Waals surface area contributed by atoms with Gasteiger partial charge in [0.2, 0.25) is 5.91 Å². The molecule has 1 aliphatic rings. The van der Waals surface area contributed by atoms with Crippen LogP contribution in [0.2, 0.25) is 0 Å². The normalized spacial score (nSPS) is 21.8. The van der Waals surface area contributed by atoms with E-state index in [9.17, 15) is 13.2 Å². The molecule has 0 aliphatic carbocycles. The van der Waals surface area contributed by atoms with Gasteiger partial charge in [0, 0.05) is 11.8 Å². The van der Waals surface area contributed by atoms with Gasteiger partial charge in [-0.15, -0.1) is 11.8 Å². The number of nitrogens with one attached hydrogen (secondary N) is 1. The molecule has 0 aromatic heterocycles. The predicted octanol–water partition coefficient (Wildman–Crippen LogP) is 2.12. The highest BCUT2D eigenvalue weighted by molar-refractivity contribution is 8.00. The van der Waals surface area contributed by atoms with Gasteiger partial charge in [-0.25, -0.2) is 8.42 Å². The monoisotopic (exact) mass is 339 g/mol. The van der Waals surface area contributed by atoms with Crippen LogP contribution < -0.4 is 5.32 Å². The zero-order valence-corrected chi connectivity index (χ0v) is 14.2. The Morgan fingerprint density at radius 2 is 2.14 bits per heavy atom. The lowest BCUT2D eigenvalue weighted by molar-refractivity contribution is -0.120. The third kappa shape index (κ3) is 5.50. The van der Waals surface area contributed by atoms with Crippen LogP contribution in [0.1, 0.15) is 18.9 Å². The number of sulfone groups is 1. The highest BCUT2D eigenvalue weighted by Gasteiger charge is 2.29. The predicted molar refractivity (Wildman–Crippen MR) is 92.6 cm³/mol. The smallest absolute Gasteiger partial charge is 0.233 e. The van der Waals surface area contributed by atoms with E-state index in [2.05, 4.69) is 5.32 Å². The van der Waals surface area contributed by atoms with Crippen molar-refractivity contribution in [1.82, 2.24) is 5.32 Å². The van der Waals surface area contributed by atoms with E-state index in [0.717, 1.165) is 11.3 Å². The summed E-state index contributed by atoms with van der Waals surface area (Å²) in [7, 11) is -2.95. The maximum absolute atomic E-state index is 12.0. The van der Waals surface area contributed by atoms with Gasteiger partial charge in [0.15, 0.2) is 9.84 Å². The van der Waals surface area contributed by atoms with Gasteiger partial charge in [0.05, 0.1) is 16.8 Å². The Kier molecular flexibility index (Phi) is 6.08. The van der Waals surface area contributed by atoms with Gasteiger partial charge < -0.3 is 5.32 Å². The van der Waals surface area contributed by atoms with Gasteiger partial charge in [0.1, 0.15) is 0 Å². The summed E-state index contributed by atoms with van der Waals surface area (Å²) in [5.41, 5.74) is 1.14. The second-order valence-electron chi connectivity index (χ2n) is 5.40. The molecule has 0 radical (unpaired) electrons. The molecule has 1 amide bonds. The largest absolute Gasteiger partial charge is 0.351 e. The van der Waals surface area contributed by atoms with Gasteiger partial charge in [0.25, 0.3) is 0 Å². The summed E-state index contributed by atoms with van der Waals surface area (Å²) in [6, 6.07) is 9.77. The third-order valence-electron chi connectivity index (χ3n) is 3.50. The fraction of sp³-hybridized carbons (Fsp3) is 0.438. The summed E-state index contributed by atoms with van der Waals surface area (Å²) >= 11 is 1.54. The molecule has 2 atom stereocenters. The maximum atomic E-state index is 12.0. The van der Waals surface area contributed by atoms with E-state index in [4.69, 9.17) is 0 Å². The van der Waals surface area contributed by atoms with Crippen molar-refractivity contribution in [3.8, 4) is 0 Å². The average Bonchev–Trinajstić information content (AvgIpc) is 2.83. The lowest BCUT2D eigenvalue weighted by atomic mass is 10.2. The van der Waals surface area contributed by atoms with Crippen molar-refractivity contribution < 1.29 is 13.2 Å². The number of hydrogen-bond acceptors (Lipinski definition) is 4. The molecule has 6 heteroatoms. The van der Waals surface area contributed by atoms with Gasteiger partial charge in [-0.2, -0.15) is 0 Å². The number of benzene rings is 1. The van der Waals surface area contributed by atoms with Gasteiger partial charge in [-0.05, 0) is 18.9 Å². The molecule has 120 valence electrons. The van der Waals surface area contributed by atoms with E-state index in [1.807, 2.05) is 49.4 Å². The summed E-state index contributed by atoms with van der Waals surface area (Å²) in [5, 5.41) is 2.64. The van der Waals surface area contributed by atoms with E-state index in [1.54, 1.807) is 0 Å². The van der Waals surface area contributed by atoms with Crippen LogP contribution in [0.3, 0.4) is 0 Å². The third-order valence-corrected chi connectivity index (χ3v) is 6.37. The van der Waals surface area contributed by atoms with Crippen LogP contribution in [0.5, 0.6) is 0 Å². The fourth-order valence-electron chi connectivity index (χ4n) is 2.25. The number of thioether (sulfide) groups is 1. The zero-order chi connectivity index (χ0) is 16.0. The van der Waals surface area contributed by atoms with Crippen LogP contribution in [-0.2, 0) is 14.6 Å². The van der Waals surface area contributed by atoms with Crippen LogP contribution in [0.15, 0.2) is 36.4 Å². The lowest BCUT2D eigenvalue weighted by Crippen LogP contribution is -2.40. The van der Waals surface area contributed by atoms with Crippen LogP contribution in [0.25, 0.3) is 6.08 Å². The molecule has 1 aliphatic heterocycles. The summed E-state index contributed by atoms with van der Waals surface area (Å²) in [4.78, 5) is 12.0. The Morgan fingerprint density at radius 1 is 1.41 bits per heavy atom. The van der Waals surface area contributed by atoms with Crippen molar-refractivity contribution in [3.63, 3.8) is 0 Å². The van der Waals surface area contributed by atoms with Crippen molar-refractivity contribution in [2.45, 2.75) is 24.6 Å². The van der Waals surface area contributed by atoms with Gasteiger partial charge in [-0.1, -0.05) is 42.5 Å². The first-order valence-electron chi connectivity index (χ1n) is 7.30. The Morgan fingerprint density at radius 3 is 2.77 bits per heavy atom. The second-order valence-corrected chi connectivity index (χ2v) is 9.00. The molecule has 2 rings (SSSR count). The lowest BCUT2D eigenvalue weighted by Gasteiger charge is -2.15. The molecular formula is C16H21NO3S2. The highest BCUT2D eigenvalue weighted by Crippen LogP contribution is 2.15. The first kappa shape index (κ1) is 17.1. The zero-order valence-electron chi connectivity index (χ0n) is 12.6. The quantitative estimate of drug-likeness (QED) is 0.862. The number of rotatable bonds is 6. The molecule has 0 bridgehead atoms. The fourth-order valence-corrected chi connectivity index (χ4v) is 4.64. The molecule has 1 heterocycles. The molecule has 1 saturated heterocycles. The van der Waals surface area contributed by atoms with Crippen molar-refractivity contribution in [2.75, 3.05) is 17.3 Å². The van der Waals surface area contributed by atoms with E-state index >= 15 is 0 Å². The first-order valence-corrected chi connectivity index (χ1v) is 10.2. The standard InChI is InChI=1S/C16H21NO3S2/c1-13(16(18)17-15-9-11-22(19,20)12-15)21-10-5-8-14-6-3-2-4-7-14/h2-8,13,15H,9-12H2,1H3,(H,17,18)/b8-5+/t13-,15+/m0/s1. The molecule has 0 spiro atoms. The summed E-state index contributed by atoms with van der Waals surface area (Å²) in [5.74, 6) is 0.913. The molecule has 22 heavy (non-hydrogen) atoms. The van der Waals surface area contributed by atoms with Crippen molar-refractivity contribution in [2.24, 2.45) is 0 Å². The minimum absolute atomic E-state index is 0.0734. The second kappa shape index (κ2) is 7.83. The number of carbonyl (C=O) groups excluding carboxylic acids is 1. The molecular weight excluding hydrogens is 318 g/mol. The molecule has 4 nitrogen and oxygen atoms in total. The Hall–Kier alpha value is -1.27. The minimum atomic E-state index is -2.95. The molecule has 1 aromatic rings. The van der Waals surface area contributed by atoms with Gasteiger partial charge in [-0.3, -0.25) is 4.79 Å². The van der Waals surface area contributed by atoms with E-state index in [-0.39, 0.29) is 28.7 Å². The van der Waals surface area contributed by atoms with E-state index < -0.39 is 9.84 Å². The van der Waals surface area contributed by atoms with Crippen molar-refractivity contribution in [1.29, 1.82) is 0 Å². The van der Waals surface area contributed by atoms with Crippen LogP contribution in [-0.4, -0.2) is 42.9 Å². The first-order chi connectivity index (χ1) is 10.5. The summed E-state index contributed by atoms with van der Waals surface area (Å²) < 4.78 is 22.7. The molecule has 0 unspecified atom stereocenters. The average molecular weight is 339 g/mol. The summed E-state index contributed by atoms with van der Waals surface area (Å²) in [6.45, 7) is 1.85. The van der Waals surface area contributed by atoms with E-state index in [1.165, 1.54) is 11.8 Å². The van der Waals surface area contributed by atoms with Crippen LogP contribution >= 0.6 is 11.8 Å². The molecule has 1 N–H and O–H groups in total. The topological polar surface area (TPSA) is 63.2 Å². The molecule has 1 fully saturated rings. The minimum Gasteiger partial charge on any atom is -0.351 e. The van der Waals surface area contributed by atoms with Crippen molar-refractivity contribution >= 4 is 33.6 Å².